The Balaban J connectivity index is 2.10. The molecule has 0 aliphatic carbocycles. The van der Waals surface area contributed by atoms with E-state index in [1.807, 2.05) is 0 Å². The molecule has 2 rings (SSSR count). The Bertz CT molecular complexity index is 302. The molecule has 2 atom stereocenters. The molecule has 5 heteroatoms. The van der Waals surface area contributed by atoms with Gasteiger partial charge in [-0.15, -0.1) is 11.8 Å². The third kappa shape index (κ3) is 1.23. The van der Waals surface area contributed by atoms with E-state index < -0.39 is 11.2 Å². The van der Waals surface area contributed by atoms with Gasteiger partial charge in [-0.1, -0.05) is 6.58 Å². The van der Waals surface area contributed by atoms with Crippen molar-refractivity contribution >= 4 is 23.6 Å². The van der Waals surface area contributed by atoms with E-state index in [0.717, 1.165) is 0 Å². The lowest BCUT2D eigenvalue weighted by Gasteiger charge is -2.45. The average molecular weight is 199 g/mol. The monoisotopic (exact) mass is 199 g/mol. The van der Waals surface area contributed by atoms with Crippen LogP contribution < -0.4 is 0 Å². The highest BCUT2D eigenvalue weighted by molar-refractivity contribution is 8.01. The molecular formula is C8H9NO3S. The van der Waals surface area contributed by atoms with Crippen molar-refractivity contribution in [1.82, 2.24) is 4.90 Å². The predicted molar refractivity (Wildman–Crippen MR) is 48.3 cm³/mol. The molecule has 2 heterocycles. The zero-order valence-electron chi connectivity index (χ0n) is 6.90. The van der Waals surface area contributed by atoms with Crippen LogP contribution >= 0.6 is 11.8 Å². The molecule has 0 radical (unpaired) electrons. The van der Waals surface area contributed by atoms with Crippen LogP contribution in [0.4, 0.5) is 0 Å². The van der Waals surface area contributed by atoms with Crippen molar-refractivity contribution in [2.75, 3.05) is 6.54 Å². The molecule has 0 saturated carbocycles. The molecule has 1 unspecified atom stereocenters. The first-order chi connectivity index (χ1) is 6.09. The van der Waals surface area contributed by atoms with E-state index in [9.17, 15) is 9.59 Å². The second-order valence-corrected chi connectivity index (χ2v) is 4.48. The number of β-lactam (4-membered cyclic amide) rings is 1. The highest BCUT2D eigenvalue weighted by Gasteiger charge is 2.44. The molecule has 2 saturated heterocycles. The molecule has 13 heavy (non-hydrogen) atoms. The first kappa shape index (κ1) is 8.62. The summed E-state index contributed by atoms with van der Waals surface area (Å²) in [5.41, 5.74) is 0.613. The second kappa shape index (κ2) is 2.77. The van der Waals surface area contributed by atoms with E-state index in [2.05, 4.69) is 6.58 Å². The molecule has 2 aliphatic heterocycles. The maximum atomic E-state index is 11.0. The third-order valence-electron chi connectivity index (χ3n) is 2.28. The van der Waals surface area contributed by atoms with E-state index in [0.29, 0.717) is 18.5 Å². The minimum absolute atomic E-state index is 0.0686. The Morgan fingerprint density at radius 1 is 1.69 bits per heavy atom. The summed E-state index contributed by atoms with van der Waals surface area (Å²) in [4.78, 5) is 23.4. The van der Waals surface area contributed by atoms with Crippen LogP contribution in [-0.2, 0) is 9.59 Å². The lowest BCUT2D eigenvalue weighted by Crippen LogP contribution is -2.56. The molecule has 0 aromatic heterocycles. The molecule has 70 valence electrons. The van der Waals surface area contributed by atoms with E-state index >= 15 is 0 Å². The van der Waals surface area contributed by atoms with Crippen LogP contribution in [0.5, 0.6) is 0 Å². The average Bonchev–Trinajstić information content (AvgIpc) is 2.06. The zero-order valence-corrected chi connectivity index (χ0v) is 7.71. The van der Waals surface area contributed by atoms with Crippen LogP contribution in [0.2, 0.25) is 0 Å². The fourth-order valence-electron chi connectivity index (χ4n) is 1.52. The molecular weight excluding hydrogens is 190 g/mol. The van der Waals surface area contributed by atoms with Gasteiger partial charge in [0, 0.05) is 6.54 Å². The van der Waals surface area contributed by atoms with E-state index in [-0.39, 0.29) is 11.3 Å². The van der Waals surface area contributed by atoms with Gasteiger partial charge in [-0.2, -0.15) is 0 Å². The Labute approximate surface area is 79.6 Å². The topological polar surface area (TPSA) is 57.6 Å². The Morgan fingerprint density at radius 2 is 2.38 bits per heavy atom. The fourth-order valence-corrected chi connectivity index (χ4v) is 2.80. The van der Waals surface area contributed by atoms with Gasteiger partial charge in [0.15, 0.2) is 0 Å². The maximum absolute atomic E-state index is 11.0. The zero-order chi connectivity index (χ0) is 9.59. The molecule has 0 aromatic rings. The molecule has 2 fully saturated rings. The number of thioether (sulfide) groups is 1. The van der Waals surface area contributed by atoms with Gasteiger partial charge in [-0.05, 0) is 5.57 Å². The van der Waals surface area contributed by atoms with Gasteiger partial charge in [-0.25, -0.2) is 0 Å². The highest BCUT2D eigenvalue weighted by Crippen LogP contribution is 2.39. The van der Waals surface area contributed by atoms with Gasteiger partial charge in [0.1, 0.15) is 5.25 Å². The van der Waals surface area contributed by atoms with Crippen molar-refractivity contribution in [2.45, 2.75) is 17.0 Å². The maximum Gasteiger partial charge on any atom is 0.320 e. The number of rotatable bonds is 1. The number of amides is 1. The van der Waals surface area contributed by atoms with Crippen LogP contribution in [0, 0.1) is 0 Å². The van der Waals surface area contributed by atoms with Crippen molar-refractivity contribution in [3.05, 3.63) is 12.2 Å². The summed E-state index contributed by atoms with van der Waals surface area (Å²) >= 11 is 1.31. The van der Waals surface area contributed by atoms with Crippen molar-refractivity contribution < 1.29 is 14.7 Å². The van der Waals surface area contributed by atoms with Crippen LogP contribution in [0.25, 0.3) is 0 Å². The summed E-state index contributed by atoms with van der Waals surface area (Å²) < 4.78 is 0. The van der Waals surface area contributed by atoms with Crippen molar-refractivity contribution in [3.63, 3.8) is 0 Å². The SMILES string of the molecule is C=C1CN2C(=O)C[C@H]2SC1C(=O)O. The van der Waals surface area contributed by atoms with Crippen LogP contribution in [-0.4, -0.2) is 39.1 Å². The summed E-state index contributed by atoms with van der Waals surface area (Å²) in [5, 5.41) is 8.35. The van der Waals surface area contributed by atoms with Gasteiger partial charge in [0.25, 0.3) is 0 Å². The summed E-state index contributed by atoms with van der Waals surface area (Å²) in [6, 6.07) is 0. The summed E-state index contributed by atoms with van der Waals surface area (Å²) in [6.07, 6.45) is 0.474. The number of aliphatic carboxylic acids is 1. The number of carboxylic acid groups (broad SMARTS) is 1. The quantitative estimate of drug-likeness (QED) is 0.487. The number of carboxylic acids is 1. The van der Waals surface area contributed by atoms with E-state index in [1.54, 1.807) is 4.90 Å². The fraction of sp³-hybridized carbons (Fsp3) is 0.500. The Hall–Kier alpha value is -0.970. The number of fused-ring (bicyclic) bond motifs is 1. The molecule has 0 aromatic carbocycles. The molecule has 0 spiro atoms. The Kier molecular flexibility index (Phi) is 1.83. The largest absolute Gasteiger partial charge is 0.480 e. The smallest absolute Gasteiger partial charge is 0.320 e. The van der Waals surface area contributed by atoms with Crippen molar-refractivity contribution in [1.29, 1.82) is 0 Å². The predicted octanol–water partition coefficient (Wildman–Crippen LogP) is 0.301. The summed E-state index contributed by atoms with van der Waals surface area (Å²) in [7, 11) is 0. The van der Waals surface area contributed by atoms with E-state index in [1.165, 1.54) is 11.8 Å². The van der Waals surface area contributed by atoms with E-state index in [4.69, 9.17) is 5.11 Å². The van der Waals surface area contributed by atoms with Crippen molar-refractivity contribution in [2.24, 2.45) is 0 Å². The lowest BCUT2D eigenvalue weighted by molar-refractivity contribution is -0.142. The molecule has 4 nitrogen and oxygen atoms in total. The molecule has 0 bridgehead atoms. The number of hydrogen-bond donors (Lipinski definition) is 1. The number of carbonyl (C=O) groups excluding carboxylic acids is 1. The van der Waals surface area contributed by atoms with Gasteiger partial charge in [0.05, 0.1) is 11.8 Å². The minimum atomic E-state index is -0.853. The summed E-state index contributed by atoms with van der Waals surface area (Å²) in [5.74, 6) is -0.753. The van der Waals surface area contributed by atoms with Gasteiger partial charge >= 0.3 is 5.97 Å². The molecule has 2 aliphatic rings. The number of nitrogens with zero attached hydrogens (tertiary/aromatic N) is 1. The standard InChI is InChI=1S/C8H9NO3S/c1-4-3-9-5(10)2-6(9)13-7(4)8(11)12/h6-7H,1-3H2,(H,11,12)/t6-,7?/m1/s1. The first-order valence-electron chi connectivity index (χ1n) is 3.95. The second-order valence-electron chi connectivity index (χ2n) is 3.19. The molecule has 1 amide bonds. The van der Waals surface area contributed by atoms with Gasteiger partial charge in [0.2, 0.25) is 5.91 Å². The Morgan fingerprint density at radius 3 is 2.92 bits per heavy atom. The van der Waals surface area contributed by atoms with Gasteiger partial charge in [-0.3, -0.25) is 9.59 Å². The molecule has 1 N–H and O–H groups in total. The van der Waals surface area contributed by atoms with Crippen LogP contribution in [0.3, 0.4) is 0 Å². The van der Waals surface area contributed by atoms with Crippen LogP contribution in [0.1, 0.15) is 6.42 Å². The van der Waals surface area contributed by atoms with Crippen molar-refractivity contribution in [3.8, 4) is 0 Å². The third-order valence-corrected chi connectivity index (χ3v) is 3.82. The highest BCUT2D eigenvalue weighted by atomic mass is 32.2. The van der Waals surface area contributed by atoms with Gasteiger partial charge < -0.3 is 10.0 Å². The van der Waals surface area contributed by atoms with Crippen LogP contribution in [0.15, 0.2) is 12.2 Å². The first-order valence-corrected chi connectivity index (χ1v) is 4.89. The number of carbonyl (C=O) groups is 2. The number of hydrogen-bond acceptors (Lipinski definition) is 3. The summed E-state index contributed by atoms with van der Waals surface area (Å²) in [6.45, 7) is 4.08. The minimum Gasteiger partial charge on any atom is -0.480 e. The lowest BCUT2D eigenvalue weighted by atomic mass is 10.1. The normalized spacial score (nSPS) is 32.5.